The minimum atomic E-state index is -4.23. The highest BCUT2D eigenvalue weighted by Gasteiger charge is 2.34. The van der Waals surface area contributed by atoms with Crippen LogP contribution < -0.4 is 14.4 Å². The Balaban J connectivity index is 2.08. The Morgan fingerprint density at radius 1 is 1.00 bits per heavy atom. The van der Waals surface area contributed by atoms with E-state index in [0.29, 0.717) is 22.0 Å². The Bertz CT molecular complexity index is 1480. The maximum atomic E-state index is 14.1. The molecule has 1 N–H and O–H groups in total. The molecule has 0 aliphatic rings. The van der Waals surface area contributed by atoms with Crippen molar-refractivity contribution in [2.24, 2.45) is 0 Å². The summed E-state index contributed by atoms with van der Waals surface area (Å²) >= 11 is 12.5. The molecule has 0 saturated heterocycles. The fourth-order valence-electron chi connectivity index (χ4n) is 4.07. The number of sulfonamides is 1. The van der Waals surface area contributed by atoms with Gasteiger partial charge in [-0.1, -0.05) is 66.0 Å². The topological polar surface area (TPSA) is 96.0 Å². The molecule has 11 heteroatoms. The molecule has 2 atom stereocenters. The number of anilines is 1. The number of methoxy groups -OCH3 is 1. The average Bonchev–Trinajstić information content (AvgIpc) is 2.95. The predicted octanol–water partition coefficient (Wildman–Crippen LogP) is 5.84. The monoisotopic (exact) mass is 619 g/mol. The van der Waals surface area contributed by atoms with Crippen molar-refractivity contribution in [3.05, 3.63) is 87.9 Å². The van der Waals surface area contributed by atoms with Gasteiger partial charge in [-0.25, -0.2) is 8.42 Å². The lowest BCUT2D eigenvalue weighted by Gasteiger charge is -2.33. The number of nitrogens with one attached hydrogen (secondary N) is 1. The Kier molecular flexibility index (Phi) is 11.1. The lowest BCUT2D eigenvalue weighted by atomic mass is 10.1. The van der Waals surface area contributed by atoms with E-state index in [9.17, 15) is 18.0 Å². The van der Waals surface area contributed by atoms with Crippen LogP contribution in [0.5, 0.6) is 5.75 Å². The third-order valence-electron chi connectivity index (χ3n) is 6.77. The summed E-state index contributed by atoms with van der Waals surface area (Å²) < 4.78 is 34.5. The summed E-state index contributed by atoms with van der Waals surface area (Å²) in [5, 5.41) is 3.64. The van der Waals surface area contributed by atoms with Crippen LogP contribution in [-0.2, 0) is 26.2 Å². The van der Waals surface area contributed by atoms with Crippen molar-refractivity contribution >= 4 is 50.7 Å². The van der Waals surface area contributed by atoms with Gasteiger partial charge >= 0.3 is 0 Å². The van der Waals surface area contributed by atoms with Crippen LogP contribution >= 0.6 is 23.2 Å². The zero-order chi connectivity index (χ0) is 30.3. The second-order valence-electron chi connectivity index (χ2n) is 9.75. The van der Waals surface area contributed by atoms with Crippen molar-refractivity contribution in [3.63, 3.8) is 0 Å². The first kappa shape index (κ1) is 32.2. The molecule has 0 aliphatic heterocycles. The fraction of sp³-hybridized carbons (Fsp3) is 0.333. The molecule has 0 spiro atoms. The second kappa shape index (κ2) is 14.1. The summed E-state index contributed by atoms with van der Waals surface area (Å²) in [7, 11) is -2.80. The minimum Gasteiger partial charge on any atom is -0.495 e. The first-order chi connectivity index (χ1) is 19.4. The predicted molar refractivity (Wildman–Crippen MR) is 163 cm³/mol. The van der Waals surface area contributed by atoms with Gasteiger partial charge in [0.15, 0.2) is 0 Å². The number of carbonyl (C=O) groups is 2. The normalized spacial score (nSPS) is 12.8. The van der Waals surface area contributed by atoms with Crippen molar-refractivity contribution in [2.45, 2.75) is 57.6 Å². The van der Waals surface area contributed by atoms with Gasteiger partial charge in [-0.2, -0.15) is 0 Å². The van der Waals surface area contributed by atoms with Gasteiger partial charge < -0.3 is 15.0 Å². The molecule has 0 saturated carbocycles. The van der Waals surface area contributed by atoms with E-state index < -0.39 is 28.5 Å². The SMILES string of the molecule is CC[C@H](C)NC(=O)[C@@H](C)N(Cc1ccc(Cl)cc1Cl)C(=O)CN(c1ccccc1OC)S(=O)(=O)c1ccc(C)cc1. The van der Waals surface area contributed by atoms with E-state index in [4.69, 9.17) is 27.9 Å². The number of hydrogen-bond acceptors (Lipinski definition) is 5. The Morgan fingerprint density at radius 2 is 1.66 bits per heavy atom. The zero-order valence-corrected chi connectivity index (χ0v) is 26.1. The van der Waals surface area contributed by atoms with E-state index in [-0.39, 0.29) is 34.8 Å². The molecule has 0 bridgehead atoms. The number of halogens is 2. The number of para-hydroxylation sites is 2. The maximum Gasteiger partial charge on any atom is 0.264 e. The first-order valence-electron chi connectivity index (χ1n) is 13.1. The van der Waals surface area contributed by atoms with E-state index in [1.165, 1.54) is 24.1 Å². The molecule has 3 rings (SSSR count). The number of amides is 2. The van der Waals surface area contributed by atoms with Gasteiger partial charge in [0.1, 0.15) is 18.3 Å². The van der Waals surface area contributed by atoms with Gasteiger partial charge in [-0.3, -0.25) is 13.9 Å². The Labute approximate surface area is 252 Å². The summed E-state index contributed by atoms with van der Waals surface area (Å²) in [5.74, 6) is -0.710. The number of carbonyl (C=O) groups excluding carboxylic acids is 2. The van der Waals surface area contributed by atoms with Gasteiger partial charge in [0.2, 0.25) is 11.8 Å². The van der Waals surface area contributed by atoms with Gasteiger partial charge in [-0.05, 0) is 69.2 Å². The van der Waals surface area contributed by atoms with Crippen LogP contribution in [0.2, 0.25) is 10.0 Å². The summed E-state index contributed by atoms with van der Waals surface area (Å²) in [5.41, 5.74) is 1.62. The lowest BCUT2D eigenvalue weighted by molar-refractivity contribution is -0.139. The second-order valence-corrected chi connectivity index (χ2v) is 12.5. The molecule has 220 valence electrons. The quantitative estimate of drug-likeness (QED) is 0.275. The molecule has 8 nitrogen and oxygen atoms in total. The van der Waals surface area contributed by atoms with Crippen molar-refractivity contribution in [3.8, 4) is 5.75 Å². The number of rotatable bonds is 12. The van der Waals surface area contributed by atoms with Gasteiger partial charge in [0.05, 0.1) is 17.7 Å². The molecule has 2 amide bonds. The maximum absolute atomic E-state index is 14.1. The number of aryl methyl sites for hydroxylation is 1. The molecule has 3 aromatic carbocycles. The molecule has 0 radical (unpaired) electrons. The van der Waals surface area contributed by atoms with E-state index in [2.05, 4.69) is 5.32 Å². The first-order valence-corrected chi connectivity index (χ1v) is 15.3. The van der Waals surface area contributed by atoms with Crippen molar-refractivity contribution < 1.29 is 22.7 Å². The molecule has 41 heavy (non-hydrogen) atoms. The molecule has 0 fully saturated rings. The van der Waals surface area contributed by atoms with E-state index in [1.54, 1.807) is 61.5 Å². The van der Waals surface area contributed by atoms with Gasteiger partial charge in [0, 0.05) is 22.6 Å². The van der Waals surface area contributed by atoms with Crippen LogP contribution in [0.25, 0.3) is 0 Å². The number of hydrogen-bond donors (Lipinski definition) is 1. The zero-order valence-electron chi connectivity index (χ0n) is 23.7. The molecule has 0 aromatic heterocycles. The molecule has 0 heterocycles. The number of nitrogens with zero attached hydrogens (tertiary/aromatic N) is 2. The smallest absolute Gasteiger partial charge is 0.264 e. The van der Waals surface area contributed by atoms with Crippen LogP contribution in [0.1, 0.15) is 38.3 Å². The Morgan fingerprint density at radius 3 is 2.27 bits per heavy atom. The van der Waals surface area contributed by atoms with Crippen LogP contribution in [-0.4, -0.2) is 50.9 Å². The summed E-state index contributed by atoms with van der Waals surface area (Å²) in [6.45, 7) is 6.61. The standard InChI is InChI=1S/C30H35Cl2N3O5S/c1-6-21(3)33-30(37)22(4)34(18-23-13-14-24(31)17-26(23)32)29(36)19-35(27-9-7-8-10-28(27)40-5)41(38,39)25-15-11-20(2)12-16-25/h7-17,21-22H,6,18-19H2,1-5H3,(H,33,37)/t21-,22+/m0/s1. The lowest BCUT2D eigenvalue weighted by Crippen LogP contribution is -2.52. The summed E-state index contributed by atoms with van der Waals surface area (Å²) in [6.07, 6.45) is 0.700. The summed E-state index contributed by atoms with van der Waals surface area (Å²) in [6, 6.07) is 16.7. The third-order valence-corrected chi connectivity index (χ3v) is 9.13. The summed E-state index contributed by atoms with van der Waals surface area (Å²) in [4.78, 5) is 28.6. The molecule has 0 unspecified atom stereocenters. The number of ether oxygens (including phenoxy) is 1. The molecular formula is C30H35Cl2N3O5S. The van der Waals surface area contributed by atoms with Crippen LogP contribution in [0, 0.1) is 6.92 Å². The Hall–Kier alpha value is -3.27. The highest BCUT2D eigenvalue weighted by atomic mass is 35.5. The van der Waals surface area contributed by atoms with E-state index in [0.717, 1.165) is 9.87 Å². The van der Waals surface area contributed by atoms with Crippen LogP contribution in [0.15, 0.2) is 71.6 Å². The van der Waals surface area contributed by atoms with Crippen molar-refractivity contribution in [1.29, 1.82) is 0 Å². The molecule has 3 aromatic rings. The fourth-order valence-corrected chi connectivity index (χ4v) is 5.96. The average molecular weight is 621 g/mol. The minimum absolute atomic E-state index is 0.0108. The van der Waals surface area contributed by atoms with E-state index >= 15 is 0 Å². The van der Waals surface area contributed by atoms with Crippen molar-refractivity contribution in [2.75, 3.05) is 18.0 Å². The molecule has 0 aliphatic carbocycles. The molecular weight excluding hydrogens is 585 g/mol. The van der Waals surface area contributed by atoms with Crippen molar-refractivity contribution in [1.82, 2.24) is 10.2 Å². The van der Waals surface area contributed by atoms with Crippen LogP contribution in [0.3, 0.4) is 0 Å². The largest absolute Gasteiger partial charge is 0.495 e. The van der Waals surface area contributed by atoms with Gasteiger partial charge in [-0.15, -0.1) is 0 Å². The van der Waals surface area contributed by atoms with Gasteiger partial charge in [0.25, 0.3) is 10.0 Å². The third kappa shape index (κ3) is 7.93. The highest BCUT2D eigenvalue weighted by Crippen LogP contribution is 2.33. The van der Waals surface area contributed by atoms with Crippen LogP contribution in [0.4, 0.5) is 5.69 Å². The van der Waals surface area contributed by atoms with E-state index in [1.807, 2.05) is 20.8 Å². The highest BCUT2D eigenvalue weighted by molar-refractivity contribution is 7.92. The number of benzene rings is 3.